The summed E-state index contributed by atoms with van der Waals surface area (Å²) in [7, 11) is 0. The van der Waals surface area contributed by atoms with Gasteiger partial charge in [0.25, 0.3) is 0 Å². The first-order valence-electron chi connectivity index (χ1n) is 38.6. The molecule has 8 nitrogen and oxygen atoms in total. The first kappa shape index (κ1) is 63.4. The topological polar surface area (TPSA) is 29.3 Å². The molecule has 4 aliphatic heterocycles. The van der Waals surface area contributed by atoms with Gasteiger partial charge in [0.05, 0.1) is 0 Å². The third-order valence-electron chi connectivity index (χ3n) is 23.4. The van der Waals surface area contributed by atoms with Crippen LogP contribution in [0.2, 0.25) is 0 Å². The molecule has 19 aromatic rings. The van der Waals surface area contributed by atoms with Gasteiger partial charge in [-0.1, -0.05) is 231 Å². The lowest BCUT2D eigenvalue weighted by atomic mass is 9.44. The van der Waals surface area contributed by atoms with Crippen molar-refractivity contribution in [2.45, 2.75) is 0 Å². The first-order valence-corrected chi connectivity index (χ1v) is 38.6. The van der Waals surface area contributed by atoms with Crippen molar-refractivity contribution in [1.82, 2.24) is 8.96 Å². The molecule has 0 unspecified atom stereocenters. The SMILES string of the molecule is c1ccc(N(c2ccccc2)c2ccc3c(c2)N(c2ccccc2)c2cc(N(c4ccccc4)c4ccccc4)cc4c2B3n2c3ccccc3c3c5c6c(c-4c32)c2ccccc2n6B2c3ccc(N(c4ccccc4)c4ccccc4)cc3N(c3ccccc3)c3cc(N(c4ccccc4)c4ccccc4)cc-5c32)cc1. The van der Waals surface area contributed by atoms with Crippen molar-refractivity contribution in [3.05, 3.63) is 413 Å². The van der Waals surface area contributed by atoms with Crippen molar-refractivity contribution >= 4 is 182 Å². The molecular formula is C102H68B2N8. The van der Waals surface area contributed by atoms with Crippen LogP contribution in [0.4, 0.5) is 102 Å². The van der Waals surface area contributed by atoms with Crippen LogP contribution in [0.1, 0.15) is 0 Å². The van der Waals surface area contributed by atoms with E-state index in [4.69, 9.17) is 0 Å². The van der Waals surface area contributed by atoms with Crippen LogP contribution in [0.15, 0.2) is 413 Å². The minimum absolute atomic E-state index is 0.316. The van der Waals surface area contributed by atoms with E-state index >= 15 is 0 Å². The minimum atomic E-state index is -0.316. The normalized spacial score (nSPS) is 12.6. The summed E-state index contributed by atoms with van der Waals surface area (Å²) in [5.74, 6) is 0. The molecule has 0 saturated heterocycles. The summed E-state index contributed by atoms with van der Waals surface area (Å²) in [5.41, 5.74) is 33.8. The van der Waals surface area contributed by atoms with Crippen LogP contribution in [0.25, 0.3) is 65.9 Å². The molecule has 0 aliphatic carbocycles. The van der Waals surface area contributed by atoms with Crippen molar-refractivity contribution in [3.8, 4) is 22.3 Å². The maximum atomic E-state index is 2.79. The lowest BCUT2D eigenvalue weighted by molar-refractivity contribution is 1.22. The van der Waals surface area contributed by atoms with Crippen LogP contribution in [-0.2, 0) is 0 Å². The highest BCUT2D eigenvalue weighted by Gasteiger charge is 2.49. The van der Waals surface area contributed by atoms with Gasteiger partial charge >= 0.3 is 13.7 Å². The molecule has 0 fully saturated rings. The molecule has 17 aromatic carbocycles. The molecule has 23 rings (SSSR count). The molecule has 0 radical (unpaired) electrons. The average molecular weight is 1430 g/mol. The van der Waals surface area contributed by atoms with Gasteiger partial charge in [-0.05, 0) is 215 Å². The number of aromatic nitrogens is 2. The van der Waals surface area contributed by atoms with Gasteiger partial charge in [0, 0.05) is 157 Å². The summed E-state index contributed by atoms with van der Waals surface area (Å²) in [6, 6.07) is 153. The number of fused-ring (bicyclic) bond motifs is 16. The quantitative estimate of drug-likeness (QED) is 0.101. The largest absolute Gasteiger partial charge is 0.375 e. The Morgan fingerprint density at radius 2 is 0.455 bits per heavy atom. The van der Waals surface area contributed by atoms with E-state index in [1.807, 2.05) is 0 Å². The Hall–Kier alpha value is -14.7. The van der Waals surface area contributed by atoms with E-state index < -0.39 is 0 Å². The molecule has 0 saturated carbocycles. The molecule has 2 aromatic heterocycles. The van der Waals surface area contributed by atoms with E-state index in [0.29, 0.717) is 0 Å². The third-order valence-corrected chi connectivity index (χ3v) is 23.4. The van der Waals surface area contributed by atoms with Crippen LogP contribution in [-0.4, -0.2) is 22.7 Å². The Balaban J connectivity index is 0.899. The van der Waals surface area contributed by atoms with Crippen molar-refractivity contribution in [2.75, 3.05) is 29.4 Å². The van der Waals surface area contributed by atoms with Crippen LogP contribution in [0.3, 0.4) is 0 Å². The number of benzene rings is 17. The highest BCUT2D eigenvalue weighted by Crippen LogP contribution is 2.59. The van der Waals surface area contributed by atoms with Gasteiger partial charge in [-0.15, -0.1) is 0 Å². The molecule has 0 bridgehead atoms. The number of para-hydroxylation sites is 12. The number of anilines is 18. The van der Waals surface area contributed by atoms with Crippen molar-refractivity contribution in [3.63, 3.8) is 0 Å². The van der Waals surface area contributed by atoms with Gasteiger partial charge in [0.2, 0.25) is 0 Å². The number of rotatable bonds is 14. The lowest BCUT2D eigenvalue weighted by Crippen LogP contribution is -2.57. The standard InChI is InChI=1S/C102H68B2N8/c1-11-35-69(36-12-1)105(70-37-13-2-14-38-70)79-59-61-87-91(65-79)109(77-51-27-9-28-52-77)93-67-81(107(73-43-19-5-20-44-73)74-45-21-6-22-46-74)63-85-97-96-84-56-32-34-58-90(84)112-102(96)98(95-83-55-31-33-57-89(83)111(101(95)97)103(87)99(85)93)86-64-82(108(75-47-23-7-24-48-75)76-49-25-8-26-50-76)68-94-100(86)104(112)88-62-60-80(66-92(88)110(94)78-53-29-10-30-54-78)106(71-39-15-3-16-40-71)72-41-17-4-18-42-72/h1-68H. The zero-order valence-electron chi connectivity index (χ0n) is 61.0. The Labute approximate surface area is 650 Å². The molecule has 522 valence electrons. The molecule has 4 aliphatic rings. The van der Waals surface area contributed by atoms with E-state index in [1.54, 1.807) is 0 Å². The molecule has 0 amide bonds. The van der Waals surface area contributed by atoms with Crippen molar-refractivity contribution < 1.29 is 0 Å². The fraction of sp³-hybridized carbons (Fsp3) is 0. The van der Waals surface area contributed by atoms with E-state index in [9.17, 15) is 0 Å². The fourth-order valence-electron chi connectivity index (χ4n) is 19.1. The van der Waals surface area contributed by atoms with Gasteiger partial charge in [-0.2, -0.15) is 0 Å². The number of hydrogen-bond donors (Lipinski definition) is 0. The monoisotopic (exact) mass is 1430 g/mol. The van der Waals surface area contributed by atoms with Crippen molar-refractivity contribution in [2.24, 2.45) is 0 Å². The summed E-state index contributed by atoms with van der Waals surface area (Å²) in [6.07, 6.45) is 0. The molecule has 0 N–H and O–H groups in total. The van der Waals surface area contributed by atoms with E-state index in [2.05, 4.69) is 451 Å². The molecule has 6 heterocycles. The summed E-state index contributed by atoms with van der Waals surface area (Å²) < 4.78 is 5.57. The Bertz CT molecular complexity index is 6320. The second-order valence-corrected chi connectivity index (χ2v) is 29.5. The first-order chi connectivity index (χ1) is 55.7. The van der Waals surface area contributed by atoms with Crippen LogP contribution >= 0.6 is 0 Å². The number of hydrogen-bond acceptors (Lipinski definition) is 6. The number of nitrogens with zero attached hydrogens (tertiary/aromatic N) is 8. The Morgan fingerprint density at radius 1 is 0.205 bits per heavy atom. The highest BCUT2D eigenvalue weighted by atomic mass is 15.2. The maximum Gasteiger partial charge on any atom is 0.333 e. The fourth-order valence-corrected chi connectivity index (χ4v) is 19.1. The average Bonchev–Trinajstić information content (AvgIpc) is 1.45. The van der Waals surface area contributed by atoms with Gasteiger partial charge in [-0.25, -0.2) is 0 Å². The predicted molar refractivity (Wildman–Crippen MR) is 472 cm³/mol. The van der Waals surface area contributed by atoms with Gasteiger partial charge < -0.3 is 38.4 Å². The summed E-state index contributed by atoms with van der Waals surface area (Å²) in [4.78, 5) is 14.9. The van der Waals surface area contributed by atoms with E-state index in [-0.39, 0.29) is 13.7 Å². The maximum absolute atomic E-state index is 2.79. The summed E-state index contributed by atoms with van der Waals surface area (Å²) in [6.45, 7) is -0.632. The lowest BCUT2D eigenvalue weighted by Gasteiger charge is -2.43. The van der Waals surface area contributed by atoms with Crippen LogP contribution < -0.4 is 51.3 Å². The molecular weight excluding hydrogens is 1360 g/mol. The third kappa shape index (κ3) is 9.58. The van der Waals surface area contributed by atoms with Crippen LogP contribution in [0.5, 0.6) is 0 Å². The van der Waals surface area contributed by atoms with Gasteiger partial charge in [-0.3, -0.25) is 0 Å². The van der Waals surface area contributed by atoms with Crippen LogP contribution in [0, 0.1) is 0 Å². The predicted octanol–water partition coefficient (Wildman–Crippen LogP) is 24.6. The molecule has 0 atom stereocenters. The zero-order valence-corrected chi connectivity index (χ0v) is 61.0. The van der Waals surface area contributed by atoms with Gasteiger partial charge in [0.1, 0.15) is 0 Å². The second-order valence-electron chi connectivity index (χ2n) is 29.5. The minimum Gasteiger partial charge on any atom is -0.375 e. The summed E-state index contributed by atoms with van der Waals surface area (Å²) in [5, 5.41) is 4.85. The Morgan fingerprint density at radius 3 is 0.750 bits per heavy atom. The van der Waals surface area contributed by atoms with Gasteiger partial charge in [0.15, 0.2) is 0 Å². The van der Waals surface area contributed by atoms with E-state index in [1.165, 1.54) is 87.7 Å². The van der Waals surface area contributed by atoms with Crippen molar-refractivity contribution in [1.29, 1.82) is 0 Å². The molecule has 112 heavy (non-hydrogen) atoms. The van der Waals surface area contributed by atoms with E-state index in [0.717, 1.165) is 102 Å². The Kier molecular flexibility index (Phi) is 14.4. The zero-order chi connectivity index (χ0) is 73.5. The molecule has 0 spiro atoms. The second kappa shape index (κ2) is 25.5. The smallest absolute Gasteiger partial charge is 0.333 e. The highest BCUT2D eigenvalue weighted by molar-refractivity contribution is 6.92. The summed E-state index contributed by atoms with van der Waals surface area (Å²) >= 11 is 0. The molecule has 10 heteroatoms.